The molecule has 3 aromatic rings. The molecule has 1 unspecified atom stereocenters. The maximum atomic E-state index is 14.3. The number of nitrogens with zero attached hydrogens (tertiary/aromatic N) is 3. The van der Waals surface area contributed by atoms with Crippen LogP contribution in [-0.4, -0.2) is 40.1 Å². The van der Waals surface area contributed by atoms with E-state index in [9.17, 15) is 4.39 Å². The average molecular weight is 499 g/mol. The van der Waals surface area contributed by atoms with Gasteiger partial charge in [0.05, 0.1) is 18.7 Å². The van der Waals surface area contributed by atoms with Crippen LogP contribution in [0.25, 0.3) is 17.0 Å². The number of unbranched alkanes of at least 4 members (excludes halogenated alkanes) is 1. The lowest BCUT2D eigenvalue weighted by Crippen LogP contribution is -2.46. The minimum atomic E-state index is -0.482. The molecule has 0 aliphatic carbocycles. The van der Waals surface area contributed by atoms with Gasteiger partial charge in [-0.3, -0.25) is 0 Å². The number of nitrogens with one attached hydrogen (secondary N) is 1. The van der Waals surface area contributed by atoms with Gasteiger partial charge in [-0.15, -0.1) is 11.8 Å². The van der Waals surface area contributed by atoms with Gasteiger partial charge in [0.15, 0.2) is 16.7 Å². The van der Waals surface area contributed by atoms with Crippen molar-refractivity contribution in [1.82, 2.24) is 20.4 Å². The van der Waals surface area contributed by atoms with Crippen molar-refractivity contribution in [3.63, 3.8) is 0 Å². The Balaban J connectivity index is 1.77. The summed E-state index contributed by atoms with van der Waals surface area (Å²) in [6, 6.07) is 12.7. The molecular weight excluding hydrogens is 471 g/mol. The van der Waals surface area contributed by atoms with Crippen molar-refractivity contribution in [3.8, 4) is 17.1 Å². The van der Waals surface area contributed by atoms with E-state index in [0.717, 1.165) is 36.2 Å². The summed E-state index contributed by atoms with van der Waals surface area (Å²) in [5, 5.41) is 8.29. The van der Waals surface area contributed by atoms with E-state index in [0.29, 0.717) is 22.4 Å². The lowest BCUT2D eigenvalue weighted by Gasteiger charge is -2.37. The van der Waals surface area contributed by atoms with E-state index < -0.39 is 5.82 Å². The largest absolute Gasteiger partial charge is 0.494 e. The van der Waals surface area contributed by atoms with Crippen LogP contribution in [0.1, 0.15) is 44.2 Å². The second-order valence-electron chi connectivity index (χ2n) is 7.93. The molecule has 6 nitrogen and oxygen atoms in total. The summed E-state index contributed by atoms with van der Waals surface area (Å²) in [5.74, 6) is 0.362. The van der Waals surface area contributed by atoms with Gasteiger partial charge in [0.1, 0.15) is 0 Å². The highest BCUT2D eigenvalue weighted by molar-refractivity contribution is 7.98. The molecule has 0 spiro atoms. The minimum Gasteiger partial charge on any atom is -0.494 e. The Hall–Kier alpha value is -2.91. The number of hydrogen-bond donors (Lipinski definition) is 1. The van der Waals surface area contributed by atoms with E-state index in [1.807, 2.05) is 13.2 Å². The summed E-state index contributed by atoms with van der Waals surface area (Å²) in [5.41, 5.74) is 3.37. The number of aromatic nitrogens is 2. The van der Waals surface area contributed by atoms with E-state index >= 15 is 0 Å². The predicted molar refractivity (Wildman–Crippen MR) is 137 cm³/mol. The van der Waals surface area contributed by atoms with Gasteiger partial charge >= 0.3 is 0 Å². The Morgan fingerprint density at radius 2 is 2.00 bits per heavy atom. The fourth-order valence-corrected chi connectivity index (χ4v) is 4.70. The number of halogens is 1. The number of ether oxygens (including phenoxy) is 1. The van der Waals surface area contributed by atoms with Gasteiger partial charge < -0.3 is 19.5 Å². The van der Waals surface area contributed by atoms with E-state index in [1.165, 1.54) is 18.1 Å². The molecule has 0 fully saturated rings. The highest BCUT2D eigenvalue weighted by Crippen LogP contribution is 2.38. The summed E-state index contributed by atoms with van der Waals surface area (Å²) >= 11 is 7.41. The second kappa shape index (κ2) is 10.6. The van der Waals surface area contributed by atoms with Crippen LogP contribution in [0.5, 0.6) is 5.75 Å². The predicted octanol–water partition coefficient (Wildman–Crippen LogP) is 6.07. The Bertz CT molecular complexity index is 1210. The van der Waals surface area contributed by atoms with Crippen molar-refractivity contribution >= 4 is 34.7 Å². The third-order valence-corrected chi connectivity index (χ3v) is 6.93. The first-order valence-electron chi connectivity index (χ1n) is 11.1. The van der Waals surface area contributed by atoms with Gasteiger partial charge in [0.25, 0.3) is 5.89 Å². The monoisotopic (exact) mass is 498 g/mol. The van der Waals surface area contributed by atoms with Crippen molar-refractivity contribution in [2.45, 2.75) is 37.6 Å². The smallest absolute Gasteiger partial charge is 0.258 e. The minimum absolute atomic E-state index is 0.163. The number of benzene rings is 2. The number of thiocarbonyl (C=S) groups is 1. The number of allylic oxidation sites excluding steroid dienone is 1. The third-order valence-electron chi connectivity index (χ3n) is 5.85. The summed E-state index contributed by atoms with van der Waals surface area (Å²) in [6.45, 7) is 4.97. The molecule has 2 aromatic carbocycles. The van der Waals surface area contributed by atoms with Crippen LogP contribution in [0.2, 0.25) is 0 Å². The van der Waals surface area contributed by atoms with E-state index in [4.69, 9.17) is 21.5 Å². The van der Waals surface area contributed by atoms with Gasteiger partial charge in [0.2, 0.25) is 5.82 Å². The lowest BCUT2D eigenvalue weighted by molar-refractivity contribution is 0.386. The first-order valence-corrected chi connectivity index (χ1v) is 12.7. The third kappa shape index (κ3) is 4.81. The van der Waals surface area contributed by atoms with Gasteiger partial charge in [-0.25, -0.2) is 4.39 Å². The fraction of sp³-hybridized carbons (Fsp3) is 0.320. The topological polar surface area (TPSA) is 63.4 Å². The zero-order chi connectivity index (χ0) is 24.2. The van der Waals surface area contributed by atoms with Crippen LogP contribution in [-0.2, 0) is 0 Å². The molecule has 1 atom stereocenters. The van der Waals surface area contributed by atoms with Crippen LogP contribution < -0.4 is 10.1 Å². The maximum Gasteiger partial charge on any atom is 0.258 e. The molecule has 9 heteroatoms. The number of methoxy groups -OCH3 is 1. The molecule has 2 heterocycles. The molecule has 1 aliphatic heterocycles. The molecule has 34 heavy (non-hydrogen) atoms. The zero-order valence-electron chi connectivity index (χ0n) is 19.6. The highest BCUT2D eigenvalue weighted by atomic mass is 32.2. The Morgan fingerprint density at radius 3 is 2.65 bits per heavy atom. The second-order valence-corrected chi connectivity index (χ2v) is 9.20. The Labute approximate surface area is 208 Å². The van der Waals surface area contributed by atoms with E-state index in [1.54, 1.807) is 23.9 Å². The number of rotatable bonds is 8. The molecule has 0 saturated heterocycles. The van der Waals surface area contributed by atoms with Crippen LogP contribution in [0, 0.1) is 5.82 Å². The van der Waals surface area contributed by atoms with Crippen molar-refractivity contribution < 1.29 is 13.7 Å². The standard InChI is InChI=1S/C25H27FN4O2S2/c1-5-6-13-30-15(2)21(22(27-25(30)33)16-7-10-18(34-4)11-8-16)24-28-23(29-32-24)17-9-12-20(31-3)19(26)14-17/h7-12,14,22H,5-6,13H2,1-4H3,(H,27,33). The molecule has 1 aromatic heterocycles. The Morgan fingerprint density at radius 1 is 1.24 bits per heavy atom. The van der Waals surface area contributed by atoms with Crippen LogP contribution in [0.15, 0.2) is 57.6 Å². The highest BCUT2D eigenvalue weighted by Gasteiger charge is 2.34. The molecule has 178 valence electrons. The SMILES string of the molecule is CCCCN1C(=S)NC(c2ccc(SC)cc2)C(c2nc(-c3ccc(OC)c(F)c3)no2)=C1C. The normalized spacial score (nSPS) is 16.1. The van der Waals surface area contributed by atoms with Gasteiger partial charge in [-0.05, 0) is 67.7 Å². The van der Waals surface area contributed by atoms with Crippen molar-refractivity contribution in [1.29, 1.82) is 0 Å². The maximum absolute atomic E-state index is 14.3. The Kier molecular flexibility index (Phi) is 7.53. The van der Waals surface area contributed by atoms with Crippen LogP contribution >= 0.6 is 24.0 Å². The molecule has 0 radical (unpaired) electrons. The molecular formula is C25H27FN4O2S2. The van der Waals surface area contributed by atoms with Gasteiger partial charge in [0, 0.05) is 22.7 Å². The lowest BCUT2D eigenvalue weighted by atomic mass is 9.94. The van der Waals surface area contributed by atoms with Crippen LogP contribution in [0.3, 0.4) is 0 Å². The summed E-state index contributed by atoms with van der Waals surface area (Å²) in [6.07, 6.45) is 4.10. The van der Waals surface area contributed by atoms with Crippen molar-refractivity contribution in [2.75, 3.05) is 19.9 Å². The average Bonchev–Trinajstić information content (AvgIpc) is 3.33. The first-order chi connectivity index (χ1) is 16.5. The molecule has 0 bridgehead atoms. The van der Waals surface area contributed by atoms with Gasteiger partial charge in [-0.2, -0.15) is 4.98 Å². The van der Waals surface area contributed by atoms with Crippen molar-refractivity contribution in [2.24, 2.45) is 0 Å². The fourth-order valence-electron chi connectivity index (χ4n) is 3.95. The quantitative estimate of drug-likeness (QED) is 0.297. The van der Waals surface area contributed by atoms with Crippen molar-refractivity contribution in [3.05, 3.63) is 65.4 Å². The molecule has 4 rings (SSSR count). The summed E-state index contributed by atoms with van der Waals surface area (Å²) in [4.78, 5) is 7.90. The molecule has 1 aliphatic rings. The van der Waals surface area contributed by atoms with Crippen LogP contribution in [0.4, 0.5) is 4.39 Å². The molecule has 0 amide bonds. The number of thioether (sulfide) groups is 1. The summed E-state index contributed by atoms with van der Waals surface area (Å²) in [7, 11) is 1.43. The molecule has 0 saturated carbocycles. The molecule has 1 N–H and O–H groups in total. The zero-order valence-corrected chi connectivity index (χ0v) is 21.2. The number of hydrogen-bond acceptors (Lipinski definition) is 6. The summed E-state index contributed by atoms with van der Waals surface area (Å²) < 4.78 is 25.0. The van der Waals surface area contributed by atoms with E-state index in [2.05, 4.69) is 51.5 Å². The first kappa shape index (κ1) is 24.2. The van der Waals surface area contributed by atoms with E-state index in [-0.39, 0.29) is 11.8 Å². The van der Waals surface area contributed by atoms with Gasteiger partial charge in [-0.1, -0.05) is 30.6 Å².